The zero-order valence-corrected chi connectivity index (χ0v) is 13.6. The summed E-state index contributed by atoms with van der Waals surface area (Å²) in [5.74, 6) is 1.02. The molecule has 0 aliphatic rings. The number of nitriles is 1. The molecule has 7 heteroatoms. The van der Waals surface area contributed by atoms with Gasteiger partial charge in [0, 0.05) is 23.0 Å². The summed E-state index contributed by atoms with van der Waals surface area (Å²) in [4.78, 5) is 19.1. The molecule has 0 amide bonds. The normalized spacial score (nSPS) is 10.4. The minimum Gasteiger partial charge on any atom is -0.340 e. The Morgan fingerprint density at radius 2 is 1.92 bits per heavy atom. The van der Waals surface area contributed by atoms with Crippen molar-refractivity contribution in [3.8, 4) is 12.0 Å². The molecule has 2 aromatic heterocycles. The van der Waals surface area contributed by atoms with Crippen LogP contribution in [-0.2, 0) is 0 Å². The Hall–Kier alpha value is -3.40. The lowest BCUT2D eigenvalue weighted by Gasteiger charge is -2.10. The smallest absolute Gasteiger partial charge is 0.255 e. The molecule has 0 aliphatic heterocycles. The van der Waals surface area contributed by atoms with Gasteiger partial charge in [-0.25, -0.2) is 4.98 Å². The Labute approximate surface area is 138 Å². The van der Waals surface area contributed by atoms with Gasteiger partial charge in [0.1, 0.15) is 5.82 Å². The van der Waals surface area contributed by atoms with Crippen LogP contribution in [0.15, 0.2) is 35.1 Å². The fraction of sp³-hybridized carbons (Fsp3) is 0.176. The first-order valence-electron chi connectivity index (χ1n) is 7.39. The van der Waals surface area contributed by atoms with Crippen molar-refractivity contribution >= 4 is 11.5 Å². The molecule has 0 aliphatic carbocycles. The van der Waals surface area contributed by atoms with Crippen LogP contribution in [0.3, 0.4) is 0 Å². The Balaban J connectivity index is 2.02. The first-order valence-corrected chi connectivity index (χ1v) is 7.39. The zero-order valence-electron chi connectivity index (χ0n) is 13.6. The number of hydrogen-bond donors (Lipinski definition) is 2. The topological polar surface area (TPSA) is 99.4 Å². The number of aromatic nitrogens is 4. The molecule has 0 radical (unpaired) electrons. The fourth-order valence-corrected chi connectivity index (χ4v) is 2.26. The largest absolute Gasteiger partial charge is 0.340 e. The number of benzene rings is 1. The minimum absolute atomic E-state index is 0.185. The van der Waals surface area contributed by atoms with E-state index in [0.717, 1.165) is 11.4 Å². The van der Waals surface area contributed by atoms with Crippen molar-refractivity contribution in [1.82, 2.24) is 19.7 Å². The zero-order chi connectivity index (χ0) is 17.3. The maximum Gasteiger partial charge on any atom is 0.255 e. The third-order valence-electron chi connectivity index (χ3n) is 3.70. The van der Waals surface area contributed by atoms with E-state index in [-0.39, 0.29) is 5.56 Å². The Bertz CT molecular complexity index is 991. The highest BCUT2D eigenvalue weighted by Crippen LogP contribution is 2.20. The second-order valence-electron chi connectivity index (χ2n) is 5.50. The molecule has 0 bridgehead atoms. The second-order valence-corrected chi connectivity index (χ2v) is 5.50. The SMILES string of the molecule is Cc1cc(Nc2ccc(C#N)cc2)n(-c2nc(C)c(C)c(=O)[nH]2)n1. The molecule has 120 valence electrons. The average Bonchev–Trinajstić information content (AvgIpc) is 2.93. The molecular formula is C17H16N6O. The molecule has 3 rings (SSSR count). The Kier molecular flexibility index (Phi) is 3.88. The molecule has 0 atom stereocenters. The van der Waals surface area contributed by atoms with Crippen molar-refractivity contribution in [3.63, 3.8) is 0 Å². The number of nitrogens with zero attached hydrogens (tertiary/aromatic N) is 4. The van der Waals surface area contributed by atoms with Gasteiger partial charge in [0.2, 0.25) is 5.95 Å². The van der Waals surface area contributed by atoms with E-state index < -0.39 is 0 Å². The number of rotatable bonds is 3. The van der Waals surface area contributed by atoms with Gasteiger partial charge >= 0.3 is 0 Å². The van der Waals surface area contributed by atoms with E-state index in [1.807, 2.05) is 25.1 Å². The molecule has 0 spiro atoms. The lowest BCUT2D eigenvalue weighted by Crippen LogP contribution is -2.18. The number of nitrogens with one attached hydrogen (secondary N) is 2. The van der Waals surface area contributed by atoms with Crippen molar-refractivity contribution in [2.75, 3.05) is 5.32 Å². The van der Waals surface area contributed by atoms with Crippen LogP contribution in [0.25, 0.3) is 5.95 Å². The van der Waals surface area contributed by atoms with Crippen molar-refractivity contribution in [1.29, 1.82) is 5.26 Å². The molecule has 0 unspecified atom stereocenters. The van der Waals surface area contributed by atoms with Crippen molar-refractivity contribution in [2.24, 2.45) is 0 Å². The third kappa shape index (κ3) is 2.90. The predicted octanol–water partition coefficient (Wildman–Crippen LogP) is 2.50. The molecular weight excluding hydrogens is 304 g/mol. The van der Waals surface area contributed by atoms with Crippen LogP contribution >= 0.6 is 0 Å². The lowest BCUT2D eigenvalue weighted by molar-refractivity contribution is 0.786. The summed E-state index contributed by atoms with van der Waals surface area (Å²) in [7, 11) is 0. The molecule has 0 saturated carbocycles. The molecule has 2 N–H and O–H groups in total. The number of H-pyrrole nitrogens is 1. The van der Waals surface area contributed by atoms with Gasteiger partial charge in [0.15, 0.2) is 0 Å². The Morgan fingerprint density at radius 3 is 2.54 bits per heavy atom. The van der Waals surface area contributed by atoms with E-state index in [0.29, 0.717) is 28.6 Å². The summed E-state index contributed by atoms with van der Waals surface area (Å²) in [6.07, 6.45) is 0. The second kappa shape index (κ2) is 6.01. The number of aromatic amines is 1. The first-order chi connectivity index (χ1) is 11.5. The van der Waals surface area contributed by atoms with Crippen molar-refractivity contribution < 1.29 is 0 Å². The molecule has 0 saturated heterocycles. The van der Waals surface area contributed by atoms with Gasteiger partial charge < -0.3 is 5.32 Å². The van der Waals surface area contributed by atoms with Gasteiger partial charge in [-0.05, 0) is 45.0 Å². The van der Waals surface area contributed by atoms with E-state index in [1.54, 1.807) is 30.7 Å². The van der Waals surface area contributed by atoms with Crippen molar-refractivity contribution in [2.45, 2.75) is 20.8 Å². The summed E-state index contributed by atoms with van der Waals surface area (Å²) >= 11 is 0. The monoisotopic (exact) mass is 320 g/mol. The quantitative estimate of drug-likeness (QED) is 0.772. The summed E-state index contributed by atoms with van der Waals surface area (Å²) in [5, 5.41) is 16.5. The highest BCUT2D eigenvalue weighted by atomic mass is 16.1. The molecule has 7 nitrogen and oxygen atoms in total. The number of anilines is 2. The van der Waals surface area contributed by atoms with E-state index in [9.17, 15) is 4.79 Å². The van der Waals surface area contributed by atoms with Gasteiger partial charge in [-0.2, -0.15) is 15.0 Å². The maximum absolute atomic E-state index is 12.0. The third-order valence-corrected chi connectivity index (χ3v) is 3.70. The van der Waals surface area contributed by atoms with E-state index in [1.165, 1.54) is 0 Å². The molecule has 0 fully saturated rings. The summed E-state index contributed by atoms with van der Waals surface area (Å²) in [6.45, 7) is 5.38. The molecule has 24 heavy (non-hydrogen) atoms. The van der Waals surface area contributed by atoms with Gasteiger partial charge in [-0.3, -0.25) is 9.78 Å². The van der Waals surface area contributed by atoms with Crippen molar-refractivity contribution in [3.05, 3.63) is 63.2 Å². The van der Waals surface area contributed by atoms with Crippen LogP contribution in [0.2, 0.25) is 0 Å². The average molecular weight is 320 g/mol. The van der Waals surface area contributed by atoms with Crippen LogP contribution in [0, 0.1) is 32.1 Å². The van der Waals surface area contributed by atoms with E-state index in [2.05, 4.69) is 26.5 Å². The van der Waals surface area contributed by atoms with Gasteiger partial charge in [-0.15, -0.1) is 0 Å². The van der Waals surface area contributed by atoms with Gasteiger partial charge in [0.05, 0.1) is 17.3 Å². The van der Waals surface area contributed by atoms with Gasteiger partial charge in [-0.1, -0.05) is 0 Å². The molecule has 3 aromatic rings. The van der Waals surface area contributed by atoms with E-state index >= 15 is 0 Å². The standard InChI is InChI=1S/C17H16N6O/c1-10-8-15(20-14-6-4-13(9-18)5-7-14)23(22-10)17-19-12(3)11(2)16(24)21-17/h4-8,20H,1-3H3,(H,19,21,24). The fourth-order valence-electron chi connectivity index (χ4n) is 2.26. The van der Waals surface area contributed by atoms with E-state index in [4.69, 9.17) is 5.26 Å². The van der Waals surface area contributed by atoms with Crippen LogP contribution in [0.5, 0.6) is 0 Å². The van der Waals surface area contributed by atoms with Gasteiger partial charge in [0.25, 0.3) is 5.56 Å². The summed E-state index contributed by atoms with van der Waals surface area (Å²) < 4.78 is 1.56. The van der Waals surface area contributed by atoms with Crippen LogP contribution in [-0.4, -0.2) is 19.7 Å². The minimum atomic E-state index is -0.185. The number of aryl methyl sites for hydroxylation is 2. The predicted molar refractivity (Wildman–Crippen MR) is 90.6 cm³/mol. The Morgan fingerprint density at radius 1 is 1.21 bits per heavy atom. The summed E-state index contributed by atoms with van der Waals surface area (Å²) in [5.41, 5.74) is 3.24. The highest BCUT2D eigenvalue weighted by molar-refractivity contribution is 5.59. The summed E-state index contributed by atoms with van der Waals surface area (Å²) in [6, 6.07) is 11.0. The van der Waals surface area contributed by atoms with Crippen LogP contribution in [0.4, 0.5) is 11.5 Å². The number of hydrogen-bond acceptors (Lipinski definition) is 5. The first kappa shape index (κ1) is 15.5. The van der Waals surface area contributed by atoms with Crippen LogP contribution < -0.4 is 10.9 Å². The molecule has 1 aromatic carbocycles. The maximum atomic E-state index is 12.0. The highest BCUT2D eigenvalue weighted by Gasteiger charge is 2.12. The molecule has 2 heterocycles. The lowest BCUT2D eigenvalue weighted by atomic mass is 10.2. The van der Waals surface area contributed by atoms with Crippen LogP contribution in [0.1, 0.15) is 22.5 Å².